The van der Waals surface area contributed by atoms with Crippen molar-refractivity contribution < 1.29 is 0 Å². The first kappa shape index (κ1) is 16.9. The molecule has 2 aromatic heterocycles. The highest BCUT2D eigenvalue weighted by atomic mass is 15.0. The van der Waals surface area contributed by atoms with E-state index in [2.05, 4.69) is 39.2 Å². The van der Waals surface area contributed by atoms with Crippen LogP contribution in [0.1, 0.15) is 30.9 Å². The summed E-state index contributed by atoms with van der Waals surface area (Å²) >= 11 is 0. The van der Waals surface area contributed by atoms with Gasteiger partial charge in [-0.1, -0.05) is 44.2 Å². The number of hydrogen-bond acceptors (Lipinski definition) is 3. The average molecular weight is 308 g/mol. The first-order chi connectivity index (χ1) is 11.2. The van der Waals surface area contributed by atoms with Gasteiger partial charge < -0.3 is 4.57 Å². The van der Waals surface area contributed by atoms with Gasteiger partial charge in [-0.15, -0.1) is 0 Å². The molecule has 0 amide bonds. The molecule has 0 saturated carbocycles. The van der Waals surface area contributed by atoms with Gasteiger partial charge in [-0.25, -0.2) is 15.0 Å². The first-order valence-corrected chi connectivity index (χ1v) is 8.08. The molecule has 0 bridgehead atoms. The molecule has 3 rings (SSSR count). The van der Waals surface area contributed by atoms with Gasteiger partial charge in [-0.05, 0) is 25.0 Å². The van der Waals surface area contributed by atoms with Crippen LogP contribution in [-0.4, -0.2) is 19.5 Å². The van der Waals surface area contributed by atoms with Gasteiger partial charge in [0, 0.05) is 19.7 Å². The number of nitrogens with zero attached hydrogens (tertiary/aromatic N) is 4. The standard InChI is InChI=1S/C17H18N4.C2H6/c1-13-17(21(2)12-19-13)15-10-11-18-16(20-15)9-8-14-6-4-3-5-7-14;1-2/h3-7,10-12H,8-9H2,1-2H3;1-2H3. The zero-order valence-electron chi connectivity index (χ0n) is 14.3. The number of aromatic nitrogens is 4. The summed E-state index contributed by atoms with van der Waals surface area (Å²) in [6, 6.07) is 12.4. The molecule has 0 atom stereocenters. The molecule has 3 aromatic rings. The molecule has 120 valence electrons. The van der Waals surface area contributed by atoms with Crippen molar-refractivity contribution in [2.45, 2.75) is 33.6 Å². The molecule has 0 aliphatic carbocycles. The van der Waals surface area contributed by atoms with Crippen LogP contribution in [0.3, 0.4) is 0 Å². The summed E-state index contributed by atoms with van der Waals surface area (Å²) < 4.78 is 2.00. The van der Waals surface area contributed by atoms with E-state index < -0.39 is 0 Å². The second-order valence-corrected chi connectivity index (χ2v) is 5.13. The van der Waals surface area contributed by atoms with Crippen molar-refractivity contribution in [2.75, 3.05) is 0 Å². The fourth-order valence-corrected chi connectivity index (χ4v) is 2.47. The number of imidazole rings is 1. The van der Waals surface area contributed by atoms with Gasteiger partial charge in [-0.3, -0.25) is 0 Å². The molecule has 1 aromatic carbocycles. The lowest BCUT2D eigenvalue weighted by atomic mass is 10.1. The Kier molecular flexibility index (Phi) is 6.03. The minimum absolute atomic E-state index is 0.842. The molecular weight excluding hydrogens is 284 g/mol. The summed E-state index contributed by atoms with van der Waals surface area (Å²) in [5.74, 6) is 0.872. The normalized spacial score (nSPS) is 10.1. The van der Waals surface area contributed by atoms with Crippen LogP contribution in [0.2, 0.25) is 0 Å². The maximum Gasteiger partial charge on any atom is 0.129 e. The second-order valence-electron chi connectivity index (χ2n) is 5.13. The molecule has 4 nitrogen and oxygen atoms in total. The molecule has 0 fully saturated rings. The van der Waals surface area contributed by atoms with E-state index in [9.17, 15) is 0 Å². The highest BCUT2D eigenvalue weighted by Crippen LogP contribution is 2.19. The van der Waals surface area contributed by atoms with Crippen LogP contribution >= 0.6 is 0 Å². The van der Waals surface area contributed by atoms with Gasteiger partial charge in [-0.2, -0.15) is 0 Å². The molecule has 0 aliphatic rings. The average Bonchev–Trinajstić information content (AvgIpc) is 2.95. The summed E-state index contributed by atoms with van der Waals surface area (Å²) in [5, 5.41) is 0. The van der Waals surface area contributed by atoms with E-state index in [1.165, 1.54) is 5.56 Å². The Hall–Kier alpha value is -2.49. The van der Waals surface area contributed by atoms with Gasteiger partial charge >= 0.3 is 0 Å². The molecule has 0 unspecified atom stereocenters. The van der Waals surface area contributed by atoms with Crippen molar-refractivity contribution >= 4 is 0 Å². The van der Waals surface area contributed by atoms with E-state index in [-0.39, 0.29) is 0 Å². The lowest BCUT2D eigenvalue weighted by Gasteiger charge is -2.06. The van der Waals surface area contributed by atoms with Gasteiger partial charge in [0.2, 0.25) is 0 Å². The molecule has 4 heteroatoms. The zero-order chi connectivity index (χ0) is 16.7. The molecule has 0 aliphatic heterocycles. The monoisotopic (exact) mass is 308 g/mol. The van der Waals surface area contributed by atoms with E-state index >= 15 is 0 Å². The van der Waals surface area contributed by atoms with Crippen molar-refractivity contribution in [3.8, 4) is 11.4 Å². The van der Waals surface area contributed by atoms with Crippen LogP contribution in [-0.2, 0) is 19.9 Å². The molecule has 0 saturated heterocycles. The fourth-order valence-electron chi connectivity index (χ4n) is 2.47. The Morgan fingerprint density at radius 3 is 2.35 bits per heavy atom. The first-order valence-electron chi connectivity index (χ1n) is 8.08. The Balaban J connectivity index is 0.000000924. The summed E-state index contributed by atoms with van der Waals surface area (Å²) in [4.78, 5) is 13.4. The number of aryl methyl sites for hydroxylation is 4. The minimum atomic E-state index is 0.842. The minimum Gasteiger partial charge on any atom is -0.332 e. The lowest BCUT2D eigenvalue weighted by Crippen LogP contribution is -2.01. The van der Waals surface area contributed by atoms with Gasteiger partial charge in [0.25, 0.3) is 0 Å². The van der Waals surface area contributed by atoms with Crippen molar-refractivity contribution in [1.29, 1.82) is 0 Å². The topological polar surface area (TPSA) is 43.6 Å². The summed E-state index contributed by atoms with van der Waals surface area (Å²) in [5.41, 5.74) is 4.29. The maximum atomic E-state index is 4.68. The zero-order valence-corrected chi connectivity index (χ0v) is 14.3. The number of benzene rings is 1. The third-order valence-electron chi connectivity index (χ3n) is 3.55. The molecule has 0 N–H and O–H groups in total. The SMILES string of the molecule is CC.Cc1ncn(C)c1-c1ccnc(CCc2ccccc2)n1. The molecular formula is C19H24N4. The van der Waals surface area contributed by atoms with Crippen molar-refractivity contribution in [2.24, 2.45) is 7.05 Å². The Labute approximate surface area is 138 Å². The number of hydrogen-bond donors (Lipinski definition) is 0. The van der Waals surface area contributed by atoms with Gasteiger partial charge in [0.05, 0.1) is 23.4 Å². The van der Waals surface area contributed by atoms with Crippen LogP contribution in [0.4, 0.5) is 0 Å². The highest BCUT2D eigenvalue weighted by Gasteiger charge is 2.10. The maximum absolute atomic E-state index is 4.68. The summed E-state index contributed by atoms with van der Waals surface area (Å²) in [6.07, 6.45) is 5.44. The summed E-state index contributed by atoms with van der Waals surface area (Å²) in [6.45, 7) is 6.00. The predicted octanol–water partition coefficient (Wildman–Crippen LogP) is 4.00. The van der Waals surface area contributed by atoms with Crippen LogP contribution in [0.25, 0.3) is 11.4 Å². The second kappa shape index (κ2) is 8.22. The largest absolute Gasteiger partial charge is 0.332 e. The van der Waals surface area contributed by atoms with E-state index in [0.717, 1.165) is 35.7 Å². The molecule has 23 heavy (non-hydrogen) atoms. The van der Waals surface area contributed by atoms with Crippen LogP contribution < -0.4 is 0 Å². The van der Waals surface area contributed by atoms with Gasteiger partial charge in [0.1, 0.15) is 5.82 Å². The summed E-state index contributed by atoms with van der Waals surface area (Å²) in [7, 11) is 1.99. The smallest absolute Gasteiger partial charge is 0.129 e. The quantitative estimate of drug-likeness (QED) is 0.732. The third-order valence-corrected chi connectivity index (χ3v) is 3.55. The van der Waals surface area contributed by atoms with E-state index in [4.69, 9.17) is 0 Å². The lowest BCUT2D eigenvalue weighted by molar-refractivity contribution is 0.851. The van der Waals surface area contributed by atoms with Crippen LogP contribution in [0.5, 0.6) is 0 Å². The highest BCUT2D eigenvalue weighted by molar-refractivity contribution is 5.57. The Bertz CT molecular complexity index is 713. The van der Waals surface area contributed by atoms with E-state index in [0.29, 0.717) is 0 Å². The van der Waals surface area contributed by atoms with Gasteiger partial charge in [0.15, 0.2) is 0 Å². The molecule has 0 spiro atoms. The van der Waals surface area contributed by atoms with Crippen LogP contribution in [0.15, 0.2) is 48.9 Å². The molecule has 2 heterocycles. The predicted molar refractivity (Wildman–Crippen MR) is 94.2 cm³/mol. The van der Waals surface area contributed by atoms with E-state index in [1.807, 2.05) is 57.0 Å². The molecule has 0 radical (unpaired) electrons. The fraction of sp³-hybridized carbons (Fsp3) is 0.316. The van der Waals surface area contributed by atoms with Crippen LogP contribution in [0, 0.1) is 6.92 Å². The van der Waals surface area contributed by atoms with Crippen molar-refractivity contribution in [3.05, 3.63) is 66.0 Å². The Morgan fingerprint density at radius 2 is 1.70 bits per heavy atom. The Morgan fingerprint density at radius 1 is 0.957 bits per heavy atom. The van der Waals surface area contributed by atoms with Crippen molar-refractivity contribution in [1.82, 2.24) is 19.5 Å². The third kappa shape index (κ3) is 4.25. The van der Waals surface area contributed by atoms with E-state index in [1.54, 1.807) is 0 Å². The number of rotatable bonds is 4. The van der Waals surface area contributed by atoms with Crippen molar-refractivity contribution in [3.63, 3.8) is 0 Å².